The number of ether oxygens (including phenoxy) is 1. The molecule has 0 spiro atoms. The average Bonchev–Trinajstić information content (AvgIpc) is 3.33. The van der Waals surface area contributed by atoms with Gasteiger partial charge in [0.2, 0.25) is 6.41 Å². The van der Waals surface area contributed by atoms with Crippen LogP contribution in [0.5, 0.6) is 5.75 Å². The number of carboxylic acid groups (broad SMARTS) is 1. The van der Waals surface area contributed by atoms with Gasteiger partial charge in [-0.05, 0) is 112 Å². The molecule has 0 aliphatic carbocycles. The Morgan fingerprint density at radius 2 is 1.76 bits per heavy atom. The molecule has 1 atom stereocenters. The van der Waals surface area contributed by atoms with E-state index in [-0.39, 0.29) is 11.6 Å². The lowest BCUT2D eigenvalue weighted by Gasteiger charge is -2.24. The van der Waals surface area contributed by atoms with Crippen LogP contribution in [-0.2, 0) is 11.8 Å². The fraction of sp³-hybridized carbons (Fsp3) is 0.308. The van der Waals surface area contributed by atoms with Crippen LogP contribution in [0.4, 0.5) is 5.69 Å². The standard InChI is InChI=1S/C39H45Cl2N5O4/c1-23-17-31(18-24(2)37(23)41)50-16-8-9-30(19-28-10-11-29(14-15-42-6)33(20-28)39(48)49)32-12-13-34(40)36(35-26(4)45-46(7)27(35)5)38(32)44-25(3)21-43-22-47/h10-15,17-20,22,25,42,44H,8-9,16,21H2,1-7H3,(H,43,47)(H,48,49)/b15-14-,30-19+/t25-/m1/s1. The number of amides is 1. The van der Waals surface area contributed by atoms with Crippen molar-refractivity contribution >= 4 is 59.0 Å². The minimum absolute atomic E-state index is 0.161. The number of carbonyl (C=O) groups excluding carboxylic acids is 1. The lowest BCUT2D eigenvalue weighted by molar-refractivity contribution is -0.109. The van der Waals surface area contributed by atoms with Crippen molar-refractivity contribution in [3.05, 3.63) is 103 Å². The van der Waals surface area contributed by atoms with Crippen LogP contribution in [0.2, 0.25) is 10.0 Å². The van der Waals surface area contributed by atoms with Crippen molar-refractivity contribution in [1.82, 2.24) is 20.4 Å². The molecule has 4 N–H and O–H groups in total. The highest BCUT2D eigenvalue weighted by atomic mass is 35.5. The summed E-state index contributed by atoms with van der Waals surface area (Å²) in [5, 5.41) is 25.3. The van der Waals surface area contributed by atoms with Gasteiger partial charge in [-0.1, -0.05) is 47.5 Å². The van der Waals surface area contributed by atoms with Gasteiger partial charge in [0.25, 0.3) is 0 Å². The van der Waals surface area contributed by atoms with Crippen LogP contribution in [0.3, 0.4) is 0 Å². The summed E-state index contributed by atoms with van der Waals surface area (Å²) in [6.45, 7) is 10.7. The SMILES string of the molecule is CN/C=C\c1ccc(/C=C(\CCCOc2cc(C)c(Cl)c(C)c2)c2ccc(Cl)c(-c3c(C)nn(C)c3C)c2N[C@H](C)CNC=O)cc1C(=O)O. The molecule has 1 aromatic heterocycles. The smallest absolute Gasteiger partial charge is 0.336 e. The zero-order valence-corrected chi connectivity index (χ0v) is 31.1. The van der Waals surface area contributed by atoms with Crippen LogP contribution in [0.1, 0.15) is 69.3 Å². The van der Waals surface area contributed by atoms with E-state index in [1.54, 1.807) is 31.5 Å². The van der Waals surface area contributed by atoms with E-state index in [1.165, 1.54) is 0 Å². The molecule has 4 aromatic rings. The molecule has 0 fully saturated rings. The quantitative estimate of drug-likeness (QED) is 0.0522. The van der Waals surface area contributed by atoms with Crippen LogP contribution in [0.25, 0.3) is 28.9 Å². The summed E-state index contributed by atoms with van der Waals surface area (Å²) in [4.78, 5) is 23.5. The van der Waals surface area contributed by atoms with Gasteiger partial charge in [-0.2, -0.15) is 5.10 Å². The van der Waals surface area contributed by atoms with Crippen LogP contribution >= 0.6 is 23.2 Å². The molecule has 0 aliphatic heterocycles. The lowest BCUT2D eigenvalue weighted by atomic mass is 9.91. The first-order valence-electron chi connectivity index (χ1n) is 16.4. The van der Waals surface area contributed by atoms with Crippen molar-refractivity contribution in [3.8, 4) is 16.9 Å². The summed E-state index contributed by atoms with van der Waals surface area (Å²) in [5.41, 5.74) is 9.54. The highest BCUT2D eigenvalue weighted by Crippen LogP contribution is 2.44. The normalized spacial score (nSPS) is 12.2. The fourth-order valence-electron chi connectivity index (χ4n) is 5.99. The maximum absolute atomic E-state index is 12.3. The van der Waals surface area contributed by atoms with E-state index >= 15 is 0 Å². The first-order chi connectivity index (χ1) is 23.9. The first-order valence-corrected chi connectivity index (χ1v) is 17.2. The monoisotopic (exact) mass is 717 g/mol. The Morgan fingerprint density at radius 3 is 2.38 bits per heavy atom. The second-order valence-corrected chi connectivity index (χ2v) is 13.1. The number of carbonyl (C=O) groups is 2. The number of nitrogens with one attached hydrogen (secondary N) is 3. The van der Waals surface area contributed by atoms with Crippen molar-refractivity contribution in [2.45, 2.75) is 53.5 Å². The molecule has 1 amide bonds. The Labute approximate surface area is 304 Å². The number of anilines is 1. The molecule has 264 valence electrons. The molecular formula is C39H45Cl2N5O4. The number of aromatic carboxylic acids is 1. The van der Waals surface area contributed by atoms with Crippen LogP contribution < -0.4 is 20.7 Å². The van der Waals surface area contributed by atoms with Gasteiger partial charge in [-0.15, -0.1) is 0 Å². The second-order valence-electron chi connectivity index (χ2n) is 12.4. The number of aromatic nitrogens is 2. The molecule has 50 heavy (non-hydrogen) atoms. The minimum atomic E-state index is -1.02. The summed E-state index contributed by atoms with van der Waals surface area (Å²) in [6.07, 6.45) is 7.38. The van der Waals surface area contributed by atoms with Gasteiger partial charge in [0.1, 0.15) is 5.75 Å². The zero-order chi connectivity index (χ0) is 36.5. The number of aryl methyl sites for hydroxylation is 4. The Hall–Kier alpha value is -4.73. The molecule has 0 saturated carbocycles. The highest BCUT2D eigenvalue weighted by Gasteiger charge is 2.23. The number of nitrogens with zero attached hydrogens (tertiary/aromatic N) is 2. The van der Waals surface area contributed by atoms with Gasteiger partial charge in [0, 0.05) is 54.1 Å². The number of benzene rings is 3. The molecule has 0 aliphatic rings. The van der Waals surface area contributed by atoms with Crippen LogP contribution in [-0.4, -0.2) is 53.5 Å². The van der Waals surface area contributed by atoms with Gasteiger partial charge in [-0.3, -0.25) is 9.48 Å². The average molecular weight is 719 g/mol. The zero-order valence-electron chi connectivity index (χ0n) is 29.6. The number of hydrogen-bond acceptors (Lipinski definition) is 6. The lowest BCUT2D eigenvalue weighted by Crippen LogP contribution is -2.30. The predicted octanol–water partition coefficient (Wildman–Crippen LogP) is 8.46. The molecule has 0 saturated heterocycles. The Balaban J connectivity index is 1.87. The maximum Gasteiger partial charge on any atom is 0.336 e. The van der Waals surface area contributed by atoms with Gasteiger partial charge < -0.3 is 25.8 Å². The predicted molar refractivity (Wildman–Crippen MR) is 205 cm³/mol. The number of rotatable bonds is 16. The first kappa shape index (κ1) is 38.1. The van der Waals surface area contributed by atoms with Gasteiger partial charge >= 0.3 is 5.97 Å². The van der Waals surface area contributed by atoms with Crippen molar-refractivity contribution < 1.29 is 19.4 Å². The number of allylic oxidation sites excluding steroid dienone is 1. The topological polar surface area (TPSA) is 118 Å². The van der Waals surface area contributed by atoms with E-state index in [0.717, 1.165) is 66.8 Å². The molecule has 1 heterocycles. The van der Waals surface area contributed by atoms with Crippen molar-refractivity contribution in [2.75, 3.05) is 25.5 Å². The molecule has 0 radical (unpaired) electrons. The number of halogens is 2. The Bertz CT molecular complexity index is 1910. The van der Waals surface area contributed by atoms with Crippen molar-refractivity contribution in [2.24, 2.45) is 7.05 Å². The Kier molecular flexibility index (Phi) is 13.2. The van der Waals surface area contributed by atoms with E-state index in [1.807, 2.05) is 82.8 Å². The van der Waals surface area contributed by atoms with Crippen LogP contribution in [0, 0.1) is 27.7 Å². The van der Waals surface area contributed by atoms with Gasteiger partial charge in [0.05, 0.1) is 28.6 Å². The largest absolute Gasteiger partial charge is 0.494 e. The van der Waals surface area contributed by atoms with E-state index in [2.05, 4.69) is 21.0 Å². The molecule has 0 unspecified atom stereocenters. The summed E-state index contributed by atoms with van der Waals surface area (Å²) in [5.74, 6) is -0.268. The van der Waals surface area contributed by atoms with Crippen molar-refractivity contribution in [1.29, 1.82) is 0 Å². The van der Waals surface area contributed by atoms with Crippen molar-refractivity contribution in [3.63, 3.8) is 0 Å². The summed E-state index contributed by atoms with van der Waals surface area (Å²) >= 11 is 13.4. The van der Waals surface area contributed by atoms with E-state index < -0.39 is 5.97 Å². The van der Waals surface area contributed by atoms with Gasteiger partial charge in [0.15, 0.2) is 0 Å². The maximum atomic E-state index is 12.3. The number of carboxylic acids is 1. The molecule has 9 nitrogen and oxygen atoms in total. The highest BCUT2D eigenvalue weighted by molar-refractivity contribution is 6.34. The van der Waals surface area contributed by atoms with Crippen LogP contribution in [0.15, 0.2) is 48.7 Å². The minimum Gasteiger partial charge on any atom is -0.494 e. The molecular weight excluding hydrogens is 673 g/mol. The Morgan fingerprint density at radius 1 is 1.04 bits per heavy atom. The molecule has 4 rings (SSSR count). The van der Waals surface area contributed by atoms with E-state index in [9.17, 15) is 14.7 Å². The molecule has 0 bridgehead atoms. The van der Waals surface area contributed by atoms with Gasteiger partial charge in [-0.25, -0.2) is 4.79 Å². The second kappa shape index (κ2) is 17.3. The fourth-order valence-corrected chi connectivity index (χ4v) is 6.35. The van der Waals surface area contributed by atoms with E-state index in [4.69, 9.17) is 27.9 Å². The molecule has 11 heteroatoms. The summed E-state index contributed by atoms with van der Waals surface area (Å²) in [7, 11) is 3.66. The van der Waals surface area contributed by atoms with E-state index in [0.29, 0.717) is 43.0 Å². The summed E-state index contributed by atoms with van der Waals surface area (Å²) in [6, 6.07) is 13.0. The molecule has 3 aromatic carbocycles. The third kappa shape index (κ3) is 9.08. The third-order valence-electron chi connectivity index (χ3n) is 8.50. The third-order valence-corrected chi connectivity index (χ3v) is 9.42. The number of hydrogen-bond donors (Lipinski definition) is 4. The summed E-state index contributed by atoms with van der Waals surface area (Å²) < 4.78 is 8.02.